The van der Waals surface area contributed by atoms with Crippen molar-refractivity contribution < 1.29 is 13.2 Å². The molecule has 134 valence electrons. The Morgan fingerprint density at radius 2 is 1.77 bits per heavy atom. The van der Waals surface area contributed by atoms with Crippen LogP contribution in [0.15, 0.2) is 64.2 Å². The Hall–Kier alpha value is -2.49. The zero-order valence-corrected chi connectivity index (χ0v) is 15.8. The third kappa shape index (κ3) is 3.41. The molecular weight excluding hydrogens is 372 g/mol. The van der Waals surface area contributed by atoms with E-state index in [-0.39, 0.29) is 16.8 Å². The van der Waals surface area contributed by atoms with E-state index in [1.165, 1.54) is 12.1 Å². The molecule has 0 unspecified atom stereocenters. The number of hydrogen-bond acceptors (Lipinski definition) is 5. The van der Waals surface area contributed by atoms with E-state index in [0.29, 0.717) is 5.02 Å². The highest BCUT2D eigenvalue weighted by Gasteiger charge is 2.36. The van der Waals surface area contributed by atoms with Crippen LogP contribution in [0.1, 0.15) is 24.2 Å². The highest BCUT2D eigenvalue weighted by atomic mass is 35.5. The molecule has 2 atom stereocenters. The average molecular weight is 389 g/mol. The van der Waals surface area contributed by atoms with Gasteiger partial charge in [0.05, 0.1) is 10.9 Å². The summed E-state index contributed by atoms with van der Waals surface area (Å²) in [5.41, 5.74) is 1.77. The molecule has 0 spiro atoms. The summed E-state index contributed by atoms with van der Waals surface area (Å²) >= 11 is 5.91. The second kappa shape index (κ2) is 7.02. The van der Waals surface area contributed by atoms with Gasteiger partial charge in [0.2, 0.25) is 20.6 Å². The predicted octanol–water partition coefficient (Wildman–Crippen LogP) is 3.86. The zero-order valence-electron chi connectivity index (χ0n) is 14.2. The quantitative estimate of drug-likeness (QED) is 0.807. The zero-order chi connectivity index (χ0) is 18.9. The number of halogens is 1. The van der Waals surface area contributed by atoms with Crippen LogP contribution in [-0.2, 0) is 14.6 Å². The highest BCUT2D eigenvalue weighted by Crippen LogP contribution is 2.33. The molecule has 0 aromatic heterocycles. The van der Waals surface area contributed by atoms with E-state index in [9.17, 15) is 13.7 Å². The minimum absolute atomic E-state index is 0.0273. The molecule has 0 bridgehead atoms. The maximum absolute atomic E-state index is 12.8. The van der Waals surface area contributed by atoms with Crippen molar-refractivity contribution in [3.05, 3.63) is 75.5 Å². The van der Waals surface area contributed by atoms with Crippen LogP contribution in [0.3, 0.4) is 0 Å². The van der Waals surface area contributed by atoms with Gasteiger partial charge in [-0.25, -0.2) is 8.42 Å². The Kier molecular flexibility index (Phi) is 4.94. The highest BCUT2D eigenvalue weighted by molar-refractivity contribution is 7.95. The molecule has 0 saturated carbocycles. The Labute approximate surface area is 157 Å². The first kappa shape index (κ1) is 18.3. The van der Waals surface area contributed by atoms with Crippen molar-refractivity contribution >= 4 is 21.4 Å². The van der Waals surface area contributed by atoms with Crippen molar-refractivity contribution in [3.63, 3.8) is 0 Å². The van der Waals surface area contributed by atoms with E-state index < -0.39 is 20.8 Å². The van der Waals surface area contributed by atoms with Crippen LogP contribution in [0.5, 0.6) is 0 Å². The number of benzene rings is 2. The summed E-state index contributed by atoms with van der Waals surface area (Å²) in [6, 6.07) is 15.0. The molecule has 1 saturated heterocycles. The first-order chi connectivity index (χ1) is 12.3. The Morgan fingerprint density at radius 3 is 2.35 bits per heavy atom. The molecule has 0 amide bonds. The van der Waals surface area contributed by atoms with E-state index in [2.05, 4.69) is 5.32 Å². The van der Waals surface area contributed by atoms with Gasteiger partial charge >= 0.3 is 0 Å². The van der Waals surface area contributed by atoms with Crippen LogP contribution in [-0.4, -0.2) is 14.5 Å². The normalized spacial score (nSPS) is 21.5. The summed E-state index contributed by atoms with van der Waals surface area (Å²) in [5.74, 6) is -0.0273. The second-order valence-corrected chi connectivity index (χ2v) is 8.43. The molecule has 1 fully saturated rings. The Bertz CT molecular complexity index is 991. The largest absolute Gasteiger partial charge is 0.467 e. The van der Waals surface area contributed by atoms with Crippen molar-refractivity contribution in [1.29, 1.82) is 5.26 Å². The molecule has 2 aromatic carbocycles. The first-order valence-corrected chi connectivity index (χ1v) is 9.84. The van der Waals surface area contributed by atoms with E-state index in [1.54, 1.807) is 30.3 Å². The number of nitrogens with one attached hydrogen (secondary N) is 1. The maximum Gasteiger partial charge on any atom is 0.221 e. The van der Waals surface area contributed by atoms with Gasteiger partial charge < -0.3 is 10.1 Å². The number of nitrogens with zero attached hydrogens (tertiary/aromatic N) is 1. The molecule has 5 nitrogen and oxygen atoms in total. The van der Waals surface area contributed by atoms with Gasteiger partial charge in [-0.05, 0) is 43.7 Å². The summed E-state index contributed by atoms with van der Waals surface area (Å²) in [4.78, 5) is -0.371. The Morgan fingerprint density at radius 1 is 1.15 bits per heavy atom. The van der Waals surface area contributed by atoms with Crippen LogP contribution in [0.4, 0.5) is 0 Å². The van der Waals surface area contributed by atoms with Crippen LogP contribution in [0.2, 0.25) is 5.02 Å². The minimum Gasteiger partial charge on any atom is -0.467 e. The number of aryl methyl sites for hydroxylation is 1. The monoisotopic (exact) mass is 388 g/mol. The topological polar surface area (TPSA) is 79.2 Å². The van der Waals surface area contributed by atoms with Crippen molar-refractivity contribution in [2.24, 2.45) is 0 Å². The fraction of sp³-hybridized carbons (Fsp3) is 0.211. The lowest BCUT2D eigenvalue weighted by atomic mass is 10.0. The SMILES string of the molecule is Cc1ccc(S(=O)(=O)C(C#N)=C2N[C@H](C)[C@@H](c3ccc(Cl)cc3)O2)cc1. The molecule has 7 heteroatoms. The third-order valence-electron chi connectivity index (χ3n) is 4.16. The number of ether oxygens (including phenoxy) is 1. The smallest absolute Gasteiger partial charge is 0.221 e. The third-order valence-corrected chi connectivity index (χ3v) is 6.12. The number of nitriles is 1. The molecule has 1 aliphatic heterocycles. The van der Waals surface area contributed by atoms with Crippen molar-refractivity contribution in [1.82, 2.24) is 5.32 Å². The molecule has 0 aliphatic carbocycles. The summed E-state index contributed by atoms with van der Waals surface area (Å²) in [5, 5.41) is 13.1. The van der Waals surface area contributed by atoms with Gasteiger partial charge in [0.15, 0.2) is 0 Å². The van der Waals surface area contributed by atoms with Gasteiger partial charge in [-0.2, -0.15) is 5.26 Å². The number of hydrogen-bond donors (Lipinski definition) is 1. The lowest BCUT2D eigenvalue weighted by Crippen LogP contribution is -2.22. The van der Waals surface area contributed by atoms with Crippen LogP contribution < -0.4 is 5.32 Å². The van der Waals surface area contributed by atoms with Gasteiger partial charge in [-0.1, -0.05) is 41.4 Å². The molecule has 0 radical (unpaired) electrons. The lowest BCUT2D eigenvalue weighted by molar-refractivity contribution is 0.154. The second-order valence-electron chi connectivity index (χ2n) is 6.11. The Balaban J connectivity index is 1.99. The van der Waals surface area contributed by atoms with Gasteiger partial charge in [0, 0.05) is 5.02 Å². The van der Waals surface area contributed by atoms with Crippen LogP contribution in [0.25, 0.3) is 0 Å². The minimum atomic E-state index is -3.98. The summed E-state index contributed by atoms with van der Waals surface area (Å²) in [6.07, 6.45) is -0.418. The molecular formula is C19H17ClN2O3S. The van der Waals surface area contributed by atoms with Crippen molar-refractivity contribution in [2.75, 3.05) is 0 Å². The number of sulfone groups is 1. The van der Waals surface area contributed by atoms with Gasteiger partial charge in [0.25, 0.3) is 0 Å². The van der Waals surface area contributed by atoms with Crippen LogP contribution in [0, 0.1) is 18.3 Å². The molecule has 1 heterocycles. The van der Waals surface area contributed by atoms with Crippen molar-refractivity contribution in [3.8, 4) is 6.07 Å². The van der Waals surface area contributed by atoms with Crippen LogP contribution >= 0.6 is 11.6 Å². The fourth-order valence-corrected chi connectivity index (χ4v) is 4.07. The standard InChI is InChI=1S/C19H17ClN2O3S/c1-12-3-9-16(10-4-12)26(23,24)17(11-21)19-22-13(2)18(25-19)14-5-7-15(20)8-6-14/h3-10,13,18,22H,1-2H3/t13-,18+/m1/s1. The van der Waals surface area contributed by atoms with E-state index in [0.717, 1.165) is 11.1 Å². The van der Waals surface area contributed by atoms with E-state index in [1.807, 2.05) is 26.0 Å². The van der Waals surface area contributed by atoms with E-state index in [4.69, 9.17) is 16.3 Å². The van der Waals surface area contributed by atoms with Gasteiger partial charge in [-0.15, -0.1) is 0 Å². The first-order valence-electron chi connectivity index (χ1n) is 7.97. The predicted molar refractivity (Wildman–Crippen MR) is 98.9 cm³/mol. The summed E-state index contributed by atoms with van der Waals surface area (Å²) < 4.78 is 31.5. The molecule has 26 heavy (non-hydrogen) atoms. The summed E-state index contributed by atoms with van der Waals surface area (Å²) in [6.45, 7) is 3.72. The number of allylic oxidation sites excluding steroid dienone is 1. The van der Waals surface area contributed by atoms with E-state index >= 15 is 0 Å². The van der Waals surface area contributed by atoms with Crippen molar-refractivity contribution in [2.45, 2.75) is 30.9 Å². The maximum atomic E-state index is 12.8. The average Bonchev–Trinajstić information content (AvgIpc) is 2.97. The summed E-state index contributed by atoms with van der Waals surface area (Å²) in [7, 11) is -3.98. The molecule has 1 N–H and O–H groups in total. The van der Waals surface area contributed by atoms with Gasteiger partial charge in [0.1, 0.15) is 12.2 Å². The molecule has 3 rings (SSSR count). The molecule has 2 aromatic rings. The van der Waals surface area contributed by atoms with Gasteiger partial charge in [-0.3, -0.25) is 0 Å². The lowest BCUT2D eigenvalue weighted by Gasteiger charge is -2.13. The molecule has 1 aliphatic rings. The number of rotatable bonds is 3. The fourth-order valence-electron chi connectivity index (χ4n) is 2.74.